The van der Waals surface area contributed by atoms with Crippen LogP contribution in [0.4, 0.5) is 0 Å². The largest absolute Gasteiger partial charge is 0.420 e. The number of hydrogen-bond donors (Lipinski definition) is 2. The molecule has 6 heteroatoms. The topological polar surface area (TPSA) is 97.0 Å². The van der Waals surface area contributed by atoms with Gasteiger partial charge >= 0.3 is 0 Å². The van der Waals surface area contributed by atoms with E-state index >= 15 is 0 Å². The van der Waals surface area contributed by atoms with Gasteiger partial charge in [0.15, 0.2) is 0 Å². The number of nitrogens with zero attached hydrogens (tertiary/aromatic N) is 2. The molecule has 6 nitrogen and oxygen atoms in total. The van der Waals surface area contributed by atoms with Crippen LogP contribution < -0.4 is 10.5 Å². The number of nitrogens with two attached hydrogens (primary N) is 1. The summed E-state index contributed by atoms with van der Waals surface area (Å²) < 4.78 is 11.1. The summed E-state index contributed by atoms with van der Waals surface area (Å²) in [6.07, 6.45) is 0.596. The van der Waals surface area contributed by atoms with Crippen molar-refractivity contribution in [2.45, 2.75) is 31.8 Å². The lowest BCUT2D eigenvalue weighted by Crippen LogP contribution is -2.41. The van der Waals surface area contributed by atoms with E-state index in [1.807, 2.05) is 13.8 Å². The van der Waals surface area contributed by atoms with Gasteiger partial charge in [-0.3, -0.25) is 5.10 Å². The van der Waals surface area contributed by atoms with Gasteiger partial charge in [0, 0.05) is 12.3 Å². The molecule has 0 bridgehead atoms. The Hall–Kier alpha value is -2.00. The van der Waals surface area contributed by atoms with Crippen LogP contribution in [0.25, 0.3) is 0 Å². The van der Waals surface area contributed by atoms with Gasteiger partial charge in [0.25, 0.3) is 0 Å². The van der Waals surface area contributed by atoms with Crippen molar-refractivity contribution >= 4 is 0 Å². The van der Waals surface area contributed by atoms with Gasteiger partial charge in [0.05, 0.1) is 17.1 Å². The summed E-state index contributed by atoms with van der Waals surface area (Å²) in [5.74, 6) is 0.593. The van der Waals surface area contributed by atoms with Crippen LogP contribution in [-0.2, 0) is 10.2 Å². The second kappa shape index (κ2) is 3.50. The fourth-order valence-corrected chi connectivity index (χ4v) is 3.06. The molecule has 1 spiro atoms. The van der Waals surface area contributed by atoms with Crippen molar-refractivity contribution in [3.63, 3.8) is 0 Å². The maximum Gasteiger partial charge on any atom is 0.244 e. The molecule has 2 aliphatic rings. The van der Waals surface area contributed by atoms with E-state index in [1.165, 1.54) is 0 Å². The predicted molar refractivity (Wildman–Crippen MR) is 62.5 cm³/mol. The Kier molecular flexibility index (Phi) is 2.16. The van der Waals surface area contributed by atoms with Gasteiger partial charge < -0.3 is 15.2 Å². The molecule has 3 heterocycles. The number of fused-ring (bicyclic) bond motifs is 2. The van der Waals surface area contributed by atoms with Crippen molar-refractivity contribution in [2.24, 2.45) is 5.73 Å². The Morgan fingerprint density at radius 2 is 2.39 bits per heavy atom. The molecule has 3 N–H and O–H groups in total. The Morgan fingerprint density at radius 3 is 3.00 bits per heavy atom. The quantitative estimate of drug-likeness (QED) is 0.707. The number of hydrogen-bond acceptors (Lipinski definition) is 5. The minimum Gasteiger partial charge on any atom is -0.420 e. The van der Waals surface area contributed by atoms with Crippen LogP contribution in [0.3, 0.4) is 0 Å². The molecule has 1 fully saturated rings. The lowest BCUT2D eigenvalue weighted by Gasteiger charge is -2.35. The van der Waals surface area contributed by atoms with Crippen molar-refractivity contribution < 1.29 is 9.47 Å². The average molecular weight is 246 g/mol. The summed E-state index contributed by atoms with van der Waals surface area (Å²) in [5.41, 5.74) is 7.57. The zero-order chi connectivity index (χ0) is 12.9. The van der Waals surface area contributed by atoms with Gasteiger partial charge in [-0.25, -0.2) is 0 Å². The molecule has 3 rings (SSSR count). The molecule has 0 amide bonds. The molecule has 2 aliphatic heterocycles. The van der Waals surface area contributed by atoms with Crippen molar-refractivity contribution in [1.82, 2.24) is 10.2 Å². The Morgan fingerprint density at radius 1 is 1.61 bits per heavy atom. The number of nitriles is 1. The monoisotopic (exact) mass is 246 g/mol. The minimum atomic E-state index is -0.524. The van der Waals surface area contributed by atoms with Gasteiger partial charge in [-0.05, 0) is 20.3 Å². The molecule has 1 aromatic heterocycles. The fourth-order valence-electron chi connectivity index (χ4n) is 3.06. The molecule has 0 unspecified atom stereocenters. The molecule has 18 heavy (non-hydrogen) atoms. The third-order valence-electron chi connectivity index (χ3n) is 3.93. The van der Waals surface area contributed by atoms with Gasteiger partial charge in [-0.15, -0.1) is 5.10 Å². The zero-order valence-electron chi connectivity index (χ0n) is 10.3. The Labute approximate surface area is 104 Å². The number of ether oxygens (including phenoxy) is 2. The third-order valence-corrected chi connectivity index (χ3v) is 3.93. The number of H-pyrrole nitrogens is 1. The maximum absolute atomic E-state index is 9.40. The normalized spacial score (nSPS) is 30.2. The van der Waals surface area contributed by atoms with E-state index in [0.29, 0.717) is 24.5 Å². The van der Waals surface area contributed by atoms with Crippen LogP contribution in [0.2, 0.25) is 0 Å². The molecule has 2 atom stereocenters. The van der Waals surface area contributed by atoms with Crippen LogP contribution in [0.1, 0.15) is 24.6 Å². The number of nitrogens with one attached hydrogen (secondary N) is 1. The minimum absolute atomic E-state index is 0.121. The first-order valence-electron chi connectivity index (χ1n) is 5.86. The molecular formula is C12H14N4O2. The number of aromatic nitrogens is 2. The molecule has 0 aromatic carbocycles. The molecule has 1 aromatic rings. The summed E-state index contributed by atoms with van der Waals surface area (Å²) in [4.78, 5) is 0. The molecule has 1 saturated heterocycles. The molecule has 0 aliphatic carbocycles. The summed E-state index contributed by atoms with van der Waals surface area (Å²) in [7, 11) is 0. The van der Waals surface area contributed by atoms with Crippen molar-refractivity contribution in [2.75, 3.05) is 6.61 Å². The van der Waals surface area contributed by atoms with E-state index in [9.17, 15) is 5.26 Å². The van der Waals surface area contributed by atoms with Crippen LogP contribution in [0.5, 0.6) is 5.88 Å². The highest BCUT2D eigenvalue weighted by Gasteiger charge is 2.53. The number of aryl methyl sites for hydroxylation is 1. The van der Waals surface area contributed by atoms with Crippen LogP contribution in [0.15, 0.2) is 11.5 Å². The van der Waals surface area contributed by atoms with E-state index in [-0.39, 0.29) is 12.0 Å². The van der Waals surface area contributed by atoms with E-state index in [1.54, 1.807) is 0 Å². The van der Waals surface area contributed by atoms with Crippen LogP contribution in [-0.4, -0.2) is 22.9 Å². The lowest BCUT2D eigenvalue weighted by molar-refractivity contribution is 0.0996. The Bertz CT molecular complexity index is 583. The molecule has 0 saturated carbocycles. The second-order valence-electron chi connectivity index (χ2n) is 4.72. The summed E-state index contributed by atoms with van der Waals surface area (Å²) >= 11 is 0. The third kappa shape index (κ3) is 1.12. The van der Waals surface area contributed by atoms with E-state index in [4.69, 9.17) is 15.2 Å². The van der Waals surface area contributed by atoms with Gasteiger partial charge in [0.2, 0.25) is 11.8 Å². The van der Waals surface area contributed by atoms with Crippen LogP contribution in [0, 0.1) is 18.3 Å². The highest BCUT2D eigenvalue weighted by atomic mass is 16.5. The van der Waals surface area contributed by atoms with Crippen molar-refractivity contribution in [1.29, 1.82) is 5.26 Å². The standard InChI is InChI=1S/C12H14N4O2/c1-6-9-11(16-15-6)18-10(14)8(5-13)12(9)3-4-17-7(12)2/h7H,3-4,14H2,1-2H3,(H,15,16)/t7-,12-/m0/s1. The van der Waals surface area contributed by atoms with Crippen molar-refractivity contribution in [3.05, 3.63) is 22.7 Å². The smallest absolute Gasteiger partial charge is 0.244 e. The molecular weight excluding hydrogens is 232 g/mol. The first-order valence-corrected chi connectivity index (χ1v) is 5.86. The fraction of sp³-hybridized carbons (Fsp3) is 0.500. The van der Waals surface area contributed by atoms with Crippen molar-refractivity contribution in [3.8, 4) is 11.9 Å². The van der Waals surface area contributed by atoms with Gasteiger partial charge in [-0.2, -0.15) is 5.26 Å². The first-order chi connectivity index (χ1) is 8.61. The number of aromatic amines is 1. The zero-order valence-corrected chi connectivity index (χ0v) is 10.3. The summed E-state index contributed by atoms with van der Waals surface area (Å²) in [6.45, 7) is 4.47. The predicted octanol–water partition coefficient (Wildman–Crippen LogP) is 0.851. The average Bonchev–Trinajstić information content (AvgIpc) is 2.86. The SMILES string of the molecule is Cc1[nH]nc2c1[C@]1(CCO[C@H]1C)C(C#N)=C(N)O2. The summed E-state index contributed by atoms with van der Waals surface area (Å²) in [5, 5.41) is 16.4. The summed E-state index contributed by atoms with van der Waals surface area (Å²) in [6, 6.07) is 2.18. The highest BCUT2D eigenvalue weighted by Crippen LogP contribution is 2.51. The Balaban J connectivity index is 2.31. The maximum atomic E-state index is 9.40. The highest BCUT2D eigenvalue weighted by molar-refractivity contribution is 5.55. The van der Waals surface area contributed by atoms with E-state index in [2.05, 4.69) is 16.3 Å². The lowest BCUT2D eigenvalue weighted by atomic mass is 9.69. The molecule has 94 valence electrons. The number of rotatable bonds is 0. The second-order valence-corrected chi connectivity index (χ2v) is 4.72. The van der Waals surface area contributed by atoms with E-state index in [0.717, 1.165) is 11.3 Å². The molecule has 0 radical (unpaired) electrons. The van der Waals surface area contributed by atoms with Gasteiger partial charge in [0.1, 0.15) is 11.6 Å². The van der Waals surface area contributed by atoms with E-state index < -0.39 is 5.41 Å². The van der Waals surface area contributed by atoms with Gasteiger partial charge in [-0.1, -0.05) is 0 Å². The van der Waals surface area contributed by atoms with Crippen LogP contribution >= 0.6 is 0 Å². The first kappa shape index (κ1) is 11.1.